The van der Waals surface area contributed by atoms with E-state index in [2.05, 4.69) is 53.4 Å². The minimum atomic E-state index is 0.0950. The molecule has 0 radical (unpaired) electrons. The summed E-state index contributed by atoms with van der Waals surface area (Å²) in [5, 5.41) is 3.73. The Morgan fingerprint density at radius 3 is 2.56 bits per heavy atom. The number of hydrogen-bond donors (Lipinski definition) is 1. The van der Waals surface area contributed by atoms with Gasteiger partial charge < -0.3 is 10.1 Å². The molecule has 1 amide bonds. The van der Waals surface area contributed by atoms with Gasteiger partial charge in [0, 0.05) is 28.6 Å². The summed E-state index contributed by atoms with van der Waals surface area (Å²) in [4.78, 5) is 21.8. The first kappa shape index (κ1) is 19.7. The topological polar surface area (TPSA) is 64.1 Å². The summed E-state index contributed by atoms with van der Waals surface area (Å²) in [7, 11) is 0. The SMILES string of the molecule is CC(C)Sc1ccc(CC(=O)NC2CCC(Oc3cnccn3)CC2)cc1. The van der Waals surface area contributed by atoms with Crippen LogP contribution in [0.4, 0.5) is 0 Å². The van der Waals surface area contributed by atoms with Crippen molar-refractivity contribution in [1.29, 1.82) is 0 Å². The monoisotopic (exact) mass is 385 g/mol. The van der Waals surface area contributed by atoms with Gasteiger partial charge in [0.1, 0.15) is 6.10 Å². The Morgan fingerprint density at radius 2 is 1.93 bits per heavy atom. The van der Waals surface area contributed by atoms with Gasteiger partial charge in [-0.05, 0) is 43.4 Å². The van der Waals surface area contributed by atoms with Gasteiger partial charge in [-0.3, -0.25) is 9.78 Å². The van der Waals surface area contributed by atoms with Crippen molar-refractivity contribution >= 4 is 17.7 Å². The summed E-state index contributed by atoms with van der Waals surface area (Å²) in [5.41, 5.74) is 1.06. The van der Waals surface area contributed by atoms with Crippen molar-refractivity contribution in [1.82, 2.24) is 15.3 Å². The first-order valence-electron chi connectivity index (χ1n) is 9.56. The number of rotatable bonds is 7. The maximum atomic E-state index is 12.4. The number of hydrogen-bond acceptors (Lipinski definition) is 5. The first-order chi connectivity index (χ1) is 13.1. The van der Waals surface area contributed by atoms with E-state index in [1.165, 1.54) is 4.90 Å². The largest absolute Gasteiger partial charge is 0.473 e. The van der Waals surface area contributed by atoms with Crippen molar-refractivity contribution in [3.63, 3.8) is 0 Å². The fourth-order valence-electron chi connectivity index (χ4n) is 3.26. The standard InChI is InChI=1S/C21H27N3O2S/c1-15(2)27-19-9-3-16(4-10-19)13-20(25)24-17-5-7-18(8-6-17)26-21-14-22-11-12-23-21/h3-4,9-12,14-15,17-18H,5-8,13H2,1-2H3,(H,24,25). The van der Waals surface area contributed by atoms with Gasteiger partial charge in [0.25, 0.3) is 0 Å². The lowest BCUT2D eigenvalue weighted by Gasteiger charge is -2.29. The summed E-state index contributed by atoms with van der Waals surface area (Å²) in [5.74, 6) is 0.668. The minimum Gasteiger partial charge on any atom is -0.473 e. The highest BCUT2D eigenvalue weighted by Gasteiger charge is 2.24. The van der Waals surface area contributed by atoms with Gasteiger partial charge in [-0.15, -0.1) is 11.8 Å². The normalized spacial score (nSPS) is 19.7. The number of aromatic nitrogens is 2. The fourth-order valence-corrected chi connectivity index (χ4v) is 4.10. The average molecular weight is 386 g/mol. The van der Waals surface area contributed by atoms with Crippen molar-refractivity contribution in [3.05, 3.63) is 48.4 Å². The molecule has 6 heteroatoms. The van der Waals surface area contributed by atoms with Crippen molar-refractivity contribution in [2.24, 2.45) is 0 Å². The third-order valence-electron chi connectivity index (χ3n) is 4.53. The lowest BCUT2D eigenvalue weighted by Crippen LogP contribution is -2.40. The molecule has 0 bridgehead atoms. The van der Waals surface area contributed by atoms with Crippen LogP contribution in [-0.4, -0.2) is 33.3 Å². The second kappa shape index (κ2) is 9.74. The molecule has 5 nitrogen and oxygen atoms in total. The number of benzene rings is 1. The maximum absolute atomic E-state index is 12.4. The molecule has 1 fully saturated rings. The van der Waals surface area contributed by atoms with E-state index in [9.17, 15) is 4.79 Å². The Morgan fingerprint density at radius 1 is 1.19 bits per heavy atom. The average Bonchev–Trinajstić information content (AvgIpc) is 2.65. The van der Waals surface area contributed by atoms with E-state index < -0.39 is 0 Å². The van der Waals surface area contributed by atoms with Gasteiger partial charge in [-0.25, -0.2) is 4.98 Å². The third-order valence-corrected chi connectivity index (χ3v) is 5.54. The summed E-state index contributed by atoms with van der Waals surface area (Å²) in [6, 6.07) is 8.53. The zero-order valence-corrected chi connectivity index (χ0v) is 16.7. The van der Waals surface area contributed by atoms with Crippen molar-refractivity contribution < 1.29 is 9.53 Å². The van der Waals surface area contributed by atoms with Crippen LogP contribution in [0.25, 0.3) is 0 Å². The summed E-state index contributed by atoms with van der Waals surface area (Å²) < 4.78 is 5.85. The van der Waals surface area contributed by atoms with Gasteiger partial charge in [-0.2, -0.15) is 0 Å². The molecule has 3 rings (SSSR count). The van der Waals surface area contributed by atoms with E-state index >= 15 is 0 Å². The number of ether oxygens (including phenoxy) is 1. The van der Waals surface area contributed by atoms with Crippen LogP contribution in [0.2, 0.25) is 0 Å². The van der Waals surface area contributed by atoms with E-state index in [0.717, 1.165) is 31.2 Å². The molecule has 1 N–H and O–H groups in total. The molecule has 2 aromatic rings. The van der Waals surface area contributed by atoms with Gasteiger partial charge in [0.15, 0.2) is 0 Å². The Labute approximate surface area is 165 Å². The molecular formula is C21H27N3O2S. The van der Waals surface area contributed by atoms with Crippen LogP contribution < -0.4 is 10.1 Å². The molecule has 0 aliphatic heterocycles. The molecular weight excluding hydrogens is 358 g/mol. The minimum absolute atomic E-state index is 0.0950. The number of carbonyl (C=O) groups is 1. The molecule has 27 heavy (non-hydrogen) atoms. The molecule has 1 aromatic heterocycles. The molecule has 0 atom stereocenters. The molecule has 1 aliphatic rings. The third kappa shape index (κ3) is 6.54. The Balaban J connectivity index is 1.40. The Hall–Kier alpha value is -2.08. The van der Waals surface area contributed by atoms with Crippen molar-refractivity contribution in [2.75, 3.05) is 0 Å². The summed E-state index contributed by atoms with van der Waals surface area (Å²) in [6.45, 7) is 4.36. The molecule has 1 heterocycles. The zero-order valence-electron chi connectivity index (χ0n) is 15.9. The summed E-state index contributed by atoms with van der Waals surface area (Å²) >= 11 is 1.83. The van der Waals surface area contributed by atoms with E-state index in [1.54, 1.807) is 18.6 Å². The highest BCUT2D eigenvalue weighted by atomic mass is 32.2. The number of carbonyl (C=O) groups excluding carboxylic acids is 1. The molecule has 1 aliphatic carbocycles. The second-order valence-electron chi connectivity index (χ2n) is 7.19. The van der Waals surface area contributed by atoms with Crippen molar-refractivity contribution in [3.8, 4) is 5.88 Å². The first-order valence-corrected chi connectivity index (χ1v) is 10.4. The van der Waals surface area contributed by atoms with Gasteiger partial charge in [0.05, 0.1) is 12.6 Å². The smallest absolute Gasteiger partial charge is 0.232 e. The van der Waals surface area contributed by atoms with Crippen LogP contribution in [-0.2, 0) is 11.2 Å². The molecule has 1 saturated carbocycles. The summed E-state index contributed by atoms with van der Waals surface area (Å²) in [6.07, 6.45) is 9.19. The number of amides is 1. The molecule has 144 valence electrons. The van der Waals surface area contributed by atoms with Gasteiger partial charge in [-0.1, -0.05) is 26.0 Å². The molecule has 0 saturated heterocycles. The van der Waals surface area contributed by atoms with Gasteiger partial charge in [0.2, 0.25) is 11.8 Å². The number of nitrogens with one attached hydrogen (secondary N) is 1. The van der Waals surface area contributed by atoms with E-state index in [-0.39, 0.29) is 18.1 Å². The molecule has 0 unspecified atom stereocenters. The quantitative estimate of drug-likeness (QED) is 0.729. The lowest BCUT2D eigenvalue weighted by atomic mass is 9.92. The number of nitrogens with zero attached hydrogens (tertiary/aromatic N) is 2. The van der Waals surface area contributed by atoms with Crippen LogP contribution in [0, 0.1) is 0 Å². The molecule has 0 spiro atoms. The lowest BCUT2D eigenvalue weighted by molar-refractivity contribution is -0.121. The second-order valence-corrected chi connectivity index (χ2v) is 8.84. The van der Waals surface area contributed by atoms with Gasteiger partial charge >= 0.3 is 0 Å². The van der Waals surface area contributed by atoms with E-state index in [4.69, 9.17) is 4.74 Å². The highest BCUT2D eigenvalue weighted by molar-refractivity contribution is 7.99. The van der Waals surface area contributed by atoms with Crippen LogP contribution in [0.3, 0.4) is 0 Å². The van der Waals surface area contributed by atoms with Crippen LogP contribution in [0.1, 0.15) is 45.1 Å². The zero-order chi connectivity index (χ0) is 19.1. The fraction of sp³-hybridized carbons (Fsp3) is 0.476. The van der Waals surface area contributed by atoms with E-state index in [0.29, 0.717) is 17.6 Å². The molecule has 1 aromatic carbocycles. The van der Waals surface area contributed by atoms with Crippen LogP contribution in [0.5, 0.6) is 5.88 Å². The predicted octanol–water partition coefficient (Wildman–Crippen LogP) is 4.03. The van der Waals surface area contributed by atoms with Crippen LogP contribution >= 0.6 is 11.8 Å². The van der Waals surface area contributed by atoms with E-state index in [1.807, 2.05) is 11.8 Å². The number of thioether (sulfide) groups is 1. The predicted molar refractivity (Wildman–Crippen MR) is 108 cm³/mol. The highest BCUT2D eigenvalue weighted by Crippen LogP contribution is 2.24. The maximum Gasteiger partial charge on any atom is 0.232 e. The Kier molecular flexibility index (Phi) is 7.10. The Bertz CT molecular complexity index is 714. The van der Waals surface area contributed by atoms with Crippen LogP contribution in [0.15, 0.2) is 47.8 Å². The van der Waals surface area contributed by atoms with Crippen molar-refractivity contribution in [2.45, 2.75) is 68.2 Å².